The number of ether oxygens (including phenoxy) is 1. The summed E-state index contributed by atoms with van der Waals surface area (Å²) in [6.07, 6.45) is 5.73. The molecule has 2 fully saturated rings. The van der Waals surface area contributed by atoms with E-state index in [9.17, 15) is 0 Å². The van der Waals surface area contributed by atoms with E-state index in [0.29, 0.717) is 12.0 Å². The third-order valence-electron chi connectivity index (χ3n) is 5.06. The second-order valence-corrected chi connectivity index (χ2v) is 9.68. The topological polar surface area (TPSA) is 9.23 Å². The highest BCUT2D eigenvalue weighted by Gasteiger charge is 2.39. The molecule has 0 radical (unpaired) electrons. The zero-order chi connectivity index (χ0) is 13.7. The van der Waals surface area contributed by atoms with Crippen molar-refractivity contribution in [2.75, 3.05) is 11.5 Å². The van der Waals surface area contributed by atoms with Gasteiger partial charge in [0.05, 0.1) is 4.08 Å². The van der Waals surface area contributed by atoms with Gasteiger partial charge in [0, 0.05) is 23.0 Å². The molecular weight excluding hydrogens is 284 g/mol. The summed E-state index contributed by atoms with van der Waals surface area (Å²) in [5, 5.41) is 0. The Morgan fingerprint density at radius 1 is 1.15 bits per heavy atom. The first kappa shape index (κ1) is 13.4. The quantitative estimate of drug-likeness (QED) is 0.717. The van der Waals surface area contributed by atoms with E-state index in [0.717, 1.165) is 0 Å². The van der Waals surface area contributed by atoms with Gasteiger partial charge in [-0.15, -0.1) is 23.5 Å². The molecule has 0 bridgehead atoms. The maximum absolute atomic E-state index is 6.32. The fourth-order valence-electron chi connectivity index (χ4n) is 4.01. The number of hydrogen-bond donors (Lipinski definition) is 0. The van der Waals surface area contributed by atoms with Crippen LogP contribution in [0.2, 0.25) is 0 Å². The molecule has 20 heavy (non-hydrogen) atoms. The zero-order valence-electron chi connectivity index (χ0n) is 12.3. The Hall–Kier alpha value is -0.280. The summed E-state index contributed by atoms with van der Waals surface area (Å²) in [5.41, 5.74) is 4.44. The van der Waals surface area contributed by atoms with Crippen LogP contribution in [0.15, 0.2) is 12.1 Å². The smallest absolute Gasteiger partial charge is 0.123 e. The minimum absolute atomic E-state index is 0.233. The lowest BCUT2D eigenvalue weighted by molar-refractivity contribution is 0.164. The summed E-state index contributed by atoms with van der Waals surface area (Å²) in [5.74, 6) is 4.41. The average Bonchev–Trinajstić information content (AvgIpc) is 3.03. The first-order valence-electron chi connectivity index (χ1n) is 7.77. The summed E-state index contributed by atoms with van der Waals surface area (Å²) in [6.45, 7) is 4.66. The molecule has 1 aliphatic carbocycles. The monoisotopic (exact) mass is 306 g/mol. The normalized spacial score (nSPS) is 30.7. The van der Waals surface area contributed by atoms with Crippen LogP contribution in [0.1, 0.15) is 55.2 Å². The highest BCUT2D eigenvalue weighted by atomic mass is 32.2. The highest BCUT2D eigenvalue weighted by molar-refractivity contribution is 8.20. The van der Waals surface area contributed by atoms with Crippen molar-refractivity contribution >= 4 is 23.5 Å². The molecule has 2 atom stereocenters. The van der Waals surface area contributed by atoms with Crippen LogP contribution in [0.3, 0.4) is 0 Å². The van der Waals surface area contributed by atoms with E-state index in [2.05, 4.69) is 49.5 Å². The number of aryl methyl sites for hydroxylation is 1. The molecule has 3 aliphatic rings. The Balaban J connectivity index is 1.75. The molecule has 3 heteroatoms. The van der Waals surface area contributed by atoms with Crippen LogP contribution in [0.25, 0.3) is 0 Å². The van der Waals surface area contributed by atoms with Crippen LogP contribution in [0.4, 0.5) is 0 Å². The summed E-state index contributed by atoms with van der Waals surface area (Å²) in [4.78, 5) is 0. The molecule has 1 nitrogen and oxygen atoms in total. The molecule has 0 amide bonds. The minimum Gasteiger partial charge on any atom is -0.489 e. The lowest BCUT2D eigenvalue weighted by Gasteiger charge is -2.25. The van der Waals surface area contributed by atoms with E-state index >= 15 is 0 Å². The highest BCUT2D eigenvalue weighted by Crippen LogP contribution is 2.54. The molecule has 1 saturated carbocycles. The maximum atomic E-state index is 6.32. The maximum Gasteiger partial charge on any atom is 0.123 e. The fraction of sp³-hybridized carbons (Fsp3) is 0.647. The van der Waals surface area contributed by atoms with Crippen molar-refractivity contribution in [1.82, 2.24) is 0 Å². The fourth-order valence-corrected chi connectivity index (χ4v) is 6.86. The molecule has 0 N–H and O–H groups in total. The van der Waals surface area contributed by atoms with Gasteiger partial charge in [-0.25, -0.2) is 0 Å². The van der Waals surface area contributed by atoms with E-state index in [4.69, 9.17) is 4.74 Å². The van der Waals surface area contributed by atoms with E-state index in [-0.39, 0.29) is 4.08 Å². The molecule has 1 aromatic rings. The summed E-state index contributed by atoms with van der Waals surface area (Å²) >= 11 is 4.17. The first-order chi connectivity index (χ1) is 9.67. The SMILES string of the molecule is Cc1cc(C2(C)SCCS2)cc2c1C1CCCCC1O2. The van der Waals surface area contributed by atoms with E-state index in [1.807, 2.05) is 0 Å². The number of hydrogen-bond acceptors (Lipinski definition) is 3. The third kappa shape index (κ3) is 2.00. The van der Waals surface area contributed by atoms with Gasteiger partial charge in [-0.3, -0.25) is 0 Å². The van der Waals surface area contributed by atoms with E-state index in [1.165, 1.54) is 59.6 Å². The molecule has 1 saturated heterocycles. The number of rotatable bonds is 1. The second-order valence-electron chi connectivity index (χ2n) is 6.39. The standard InChI is InChI=1S/C17H22OS2/c1-11-9-12(17(2)19-7-8-20-17)10-15-16(11)13-5-3-4-6-14(13)18-15/h9-10,13-14H,3-8H2,1-2H3. The van der Waals surface area contributed by atoms with Crippen molar-refractivity contribution in [2.24, 2.45) is 0 Å². The molecule has 0 aromatic heterocycles. The first-order valence-corrected chi connectivity index (χ1v) is 9.74. The Morgan fingerprint density at radius 2 is 1.90 bits per heavy atom. The predicted molar refractivity (Wildman–Crippen MR) is 89.1 cm³/mol. The van der Waals surface area contributed by atoms with Crippen LogP contribution in [-0.4, -0.2) is 17.6 Å². The van der Waals surface area contributed by atoms with Gasteiger partial charge in [-0.1, -0.05) is 12.5 Å². The van der Waals surface area contributed by atoms with Crippen LogP contribution >= 0.6 is 23.5 Å². The Morgan fingerprint density at radius 3 is 2.70 bits per heavy atom. The van der Waals surface area contributed by atoms with Gasteiger partial charge in [0.15, 0.2) is 0 Å². The van der Waals surface area contributed by atoms with Gasteiger partial charge in [0.2, 0.25) is 0 Å². The minimum atomic E-state index is 0.233. The molecule has 2 unspecified atom stereocenters. The van der Waals surface area contributed by atoms with E-state index < -0.39 is 0 Å². The van der Waals surface area contributed by atoms with Gasteiger partial charge in [-0.2, -0.15) is 0 Å². The number of thioether (sulfide) groups is 2. The third-order valence-corrected chi connectivity index (χ3v) is 8.42. The van der Waals surface area contributed by atoms with Crippen molar-refractivity contribution < 1.29 is 4.74 Å². The Labute approximate surface area is 130 Å². The number of benzene rings is 1. The molecule has 108 valence electrons. The van der Waals surface area contributed by atoms with Crippen molar-refractivity contribution in [1.29, 1.82) is 0 Å². The molecule has 1 aromatic carbocycles. The van der Waals surface area contributed by atoms with Crippen LogP contribution in [0, 0.1) is 6.92 Å². The number of fused-ring (bicyclic) bond motifs is 3. The second kappa shape index (κ2) is 4.88. The molecule has 2 heterocycles. The average molecular weight is 306 g/mol. The van der Waals surface area contributed by atoms with Gasteiger partial charge < -0.3 is 4.74 Å². The Kier molecular flexibility index (Phi) is 3.26. The van der Waals surface area contributed by atoms with Gasteiger partial charge in [0.25, 0.3) is 0 Å². The van der Waals surface area contributed by atoms with Crippen molar-refractivity contribution in [3.8, 4) is 5.75 Å². The largest absolute Gasteiger partial charge is 0.489 e. The van der Waals surface area contributed by atoms with Gasteiger partial charge >= 0.3 is 0 Å². The summed E-state index contributed by atoms with van der Waals surface area (Å²) in [6, 6.07) is 4.79. The molecule has 4 rings (SSSR count). The van der Waals surface area contributed by atoms with Gasteiger partial charge in [0.1, 0.15) is 11.9 Å². The van der Waals surface area contributed by atoms with Crippen molar-refractivity contribution in [3.05, 3.63) is 28.8 Å². The van der Waals surface area contributed by atoms with Crippen molar-refractivity contribution in [3.63, 3.8) is 0 Å². The molecule has 0 spiro atoms. The summed E-state index contributed by atoms with van der Waals surface area (Å²) < 4.78 is 6.55. The Bertz CT molecular complexity index is 534. The van der Waals surface area contributed by atoms with Crippen LogP contribution < -0.4 is 4.74 Å². The molecule has 2 aliphatic heterocycles. The zero-order valence-corrected chi connectivity index (χ0v) is 13.9. The van der Waals surface area contributed by atoms with Crippen LogP contribution in [0.5, 0.6) is 5.75 Å². The summed E-state index contributed by atoms with van der Waals surface area (Å²) in [7, 11) is 0. The molecular formula is C17H22OS2. The van der Waals surface area contributed by atoms with E-state index in [1.54, 1.807) is 0 Å². The lowest BCUT2D eigenvalue weighted by atomic mass is 9.81. The predicted octanol–water partition coefficient (Wildman–Crippen LogP) is 5.07. The lowest BCUT2D eigenvalue weighted by Crippen LogP contribution is -2.22. The van der Waals surface area contributed by atoms with Crippen molar-refractivity contribution in [2.45, 2.75) is 55.6 Å². The van der Waals surface area contributed by atoms with Crippen LogP contribution in [-0.2, 0) is 4.08 Å². The van der Waals surface area contributed by atoms with Gasteiger partial charge in [-0.05, 0) is 50.3 Å².